The number of fused-ring (bicyclic) bond motifs is 3. The minimum absolute atomic E-state index is 0.293. The normalized spacial score (nSPS) is 25.5. The van der Waals surface area contributed by atoms with Gasteiger partial charge >= 0.3 is 0 Å². The van der Waals surface area contributed by atoms with Crippen molar-refractivity contribution in [1.29, 1.82) is 0 Å². The maximum Gasteiger partial charge on any atom is 0.0554 e. The first-order chi connectivity index (χ1) is 10.6. The van der Waals surface area contributed by atoms with Crippen molar-refractivity contribution >= 4 is 28.9 Å². The highest BCUT2D eigenvalue weighted by Gasteiger charge is 2.38. The molecular weight excluding hydrogens is 313 g/mol. The van der Waals surface area contributed by atoms with Gasteiger partial charge < -0.3 is 5.32 Å². The number of allylic oxidation sites excluding steroid dienone is 2. The summed E-state index contributed by atoms with van der Waals surface area (Å²) in [7, 11) is 0. The molecule has 2 aliphatic rings. The molecule has 0 fully saturated rings. The van der Waals surface area contributed by atoms with Crippen LogP contribution in [0.25, 0.3) is 0 Å². The fourth-order valence-electron chi connectivity index (χ4n) is 3.79. The largest absolute Gasteiger partial charge is 0.377 e. The zero-order chi connectivity index (χ0) is 15.3. The minimum Gasteiger partial charge on any atom is -0.377 e. The molecule has 0 saturated heterocycles. The molecule has 4 rings (SSSR count). The minimum atomic E-state index is 0.293. The summed E-state index contributed by atoms with van der Waals surface area (Å²) in [6.07, 6.45) is 5.76. The van der Waals surface area contributed by atoms with Gasteiger partial charge in [0.1, 0.15) is 0 Å². The van der Waals surface area contributed by atoms with E-state index < -0.39 is 0 Å². The molecule has 0 bridgehead atoms. The zero-order valence-electron chi connectivity index (χ0n) is 12.3. The van der Waals surface area contributed by atoms with Crippen LogP contribution in [0.2, 0.25) is 10.0 Å². The summed E-state index contributed by atoms with van der Waals surface area (Å²) in [6, 6.07) is 12.7. The van der Waals surface area contributed by atoms with Crippen LogP contribution >= 0.6 is 23.2 Å². The van der Waals surface area contributed by atoms with Gasteiger partial charge in [0.2, 0.25) is 0 Å². The molecule has 2 aromatic carbocycles. The Kier molecular flexibility index (Phi) is 3.43. The second-order valence-electron chi connectivity index (χ2n) is 6.16. The molecule has 0 amide bonds. The number of benzene rings is 2. The third-order valence-electron chi connectivity index (χ3n) is 4.96. The second-order valence-corrected chi connectivity index (χ2v) is 7.01. The van der Waals surface area contributed by atoms with E-state index in [1.54, 1.807) is 0 Å². The van der Waals surface area contributed by atoms with E-state index in [0.29, 0.717) is 17.9 Å². The van der Waals surface area contributed by atoms with Gasteiger partial charge in [-0.1, -0.05) is 53.6 Å². The van der Waals surface area contributed by atoms with Crippen LogP contribution in [0.4, 0.5) is 5.69 Å². The average Bonchev–Trinajstić information content (AvgIpc) is 3.01. The summed E-state index contributed by atoms with van der Waals surface area (Å²) >= 11 is 12.4. The molecule has 2 aromatic rings. The van der Waals surface area contributed by atoms with Crippen molar-refractivity contribution in [3.05, 3.63) is 75.3 Å². The van der Waals surface area contributed by atoms with E-state index in [0.717, 1.165) is 22.0 Å². The van der Waals surface area contributed by atoms with E-state index in [4.69, 9.17) is 23.2 Å². The lowest BCUT2D eigenvalue weighted by Gasteiger charge is -2.38. The van der Waals surface area contributed by atoms with Crippen molar-refractivity contribution in [3.8, 4) is 0 Å². The van der Waals surface area contributed by atoms with Gasteiger partial charge in [-0.15, -0.1) is 0 Å². The molecule has 0 radical (unpaired) electrons. The SMILES string of the molecule is Cc1c(Cl)ccc2c1N[C@H](c1ccc(Cl)cc1)[C@H]1CC=C[C@@H]21. The molecule has 1 aliphatic heterocycles. The van der Waals surface area contributed by atoms with Gasteiger partial charge in [0.15, 0.2) is 0 Å². The summed E-state index contributed by atoms with van der Waals surface area (Å²) in [5.41, 5.74) is 4.98. The van der Waals surface area contributed by atoms with Crippen LogP contribution < -0.4 is 5.32 Å². The Balaban J connectivity index is 1.82. The lowest BCUT2D eigenvalue weighted by Crippen LogP contribution is -2.29. The Hall–Kier alpha value is -1.44. The molecule has 1 aliphatic carbocycles. The predicted molar refractivity (Wildman–Crippen MR) is 94.0 cm³/mol. The van der Waals surface area contributed by atoms with E-state index in [1.807, 2.05) is 18.2 Å². The third kappa shape index (κ3) is 2.15. The summed E-state index contributed by atoms with van der Waals surface area (Å²) in [4.78, 5) is 0. The average molecular weight is 330 g/mol. The Labute approximate surface area is 140 Å². The van der Waals surface area contributed by atoms with Crippen LogP contribution in [-0.2, 0) is 0 Å². The molecule has 22 heavy (non-hydrogen) atoms. The van der Waals surface area contributed by atoms with Crippen molar-refractivity contribution in [2.24, 2.45) is 5.92 Å². The van der Waals surface area contributed by atoms with Gasteiger partial charge in [-0.25, -0.2) is 0 Å². The smallest absolute Gasteiger partial charge is 0.0554 e. The number of hydrogen-bond donors (Lipinski definition) is 1. The first kappa shape index (κ1) is 14.2. The van der Waals surface area contributed by atoms with Crippen molar-refractivity contribution < 1.29 is 0 Å². The molecule has 3 atom stereocenters. The molecule has 0 spiro atoms. The number of anilines is 1. The molecule has 3 heteroatoms. The fraction of sp³-hybridized carbons (Fsp3) is 0.263. The van der Waals surface area contributed by atoms with Gasteiger partial charge in [0.25, 0.3) is 0 Å². The maximum atomic E-state index is 6.33. The topological polar surface area (TPSA) is 12.0 Å². The number of nitrogens with one attached hydrogen (secondary N) is 1. The van der Waals surface area contributed by atoms with Crippen LogP contribution in [0.1, 0.15) is 35.1 Å². The zero-order valence-corrected chi connectivity index (χ0v) is 13.8. The standard InChI is InChI=1S/C19H17Cl2N/c1-11-17(21)10-9-16-14-3-2-4-15(14)19(22-18(11)16)12-5-7-13(20)8-6-12/h2-3,5-10,14-15,19,22H,4H2,1H3/t14-,15+,19-/m1/s1. The van der Waals surface area contributed by atoms with E-state index in [-0.39, 0.29) is 0 Å². The summed E-state index contributed by atoms with van der Waals surface area (Å²) < 4.78 is 0. The van der Waals surface area contributed by atoms with Crippen LogP contribution in [0, 0.1) is 12.8 Å². The first-order valence-corrected chi connectivity index (χ1v) is 8.38. The van der Waals surface area contributed by atoms with Gasteiger partial charge in [-0.3, -0.25) is 0 Å². The molecule has 0 aromatic heterocycles. The van der Waals surface area contributed by atoms with Gasteiger partial charge in [-0.2, -0.15) is 0 Å². The van der Waals surface area contributed by atoms with Crippen molar-refractivity contribution in [2.75, 3.05) is 5.32 Å². The van der Waals surface area contributed by atoms with Gasteiger partial charge in [0, 0.05) is 21.7 Å². The Morgan fingerprint density at radius 3 is 2.59 bits per heavy atom. The molecule has 1 heterocycles. The van der Waals surface area contributed by atoms with E-state index in [1.165, 1.54) is 16.8 Å². The van der Waals surface area contributed by atoms with Crippen molar-refractivity contribution in [1.82, 2.24) is 0 Å². The molecule has 112 valence electrons. The van der Waals surface area contributed by atoms with E-state index in [2.05, 4.69) is 42.6 Å². The highest BCUT2D eigenvalue weighted by atomic mass is 35.5. The van der Waals surface area contributed by atoms with Crippen LogP contribution in [0.15, 0.2) is 48.6 Å². The Morgan fingerprint density at radius 2 is 1.82 bits per heavy atom. The predicted octanol–water partition coefficient (Wildman–Crippen LogP) is 6.13. The van der Waals surface area contributed by atoms with Crippen LogP contribution in [-0.4, -0.2) is 0 Å². The summed E-state index contributed by atoms with van der Waals surface area (Å²) in [5, 5.41) is 5.34. The van der Waals surface area contributed by atoms with Crippen molar-refractivity contribution in [2.45, 2.75) is 25.3 Å². The maximum absolute atomic E-state index is 6.33. The highest BCUT2D eigenvalue weighted by Crippen LogP contribution is 2.51. The lowest BCUT2D eigenvalue weighted by atomic mass is 9.76. The number of halogens is 2. The monoisotopic (exact) mass is 329 g/mol. The van der Waals surface area contributed by atoms with Crippen LogP contribution in [0.5, 0.6) is 0 Å². The quantitative estimate of drug-likeness (QED) is 0.620. The third-order valence-corrected chi connectivity index (χ3v) is 5.62. The molecule has 1 N–H and O–H groups in total. The fourth-order valence-corrected chi connectivity index (χ4v) is 4.07. The van der Waals surface area contributed by atoms with Gasteiger partial charge in [0.05, 0.1) is 6.04 Å². The Morgan fingerprint density at radius 1 is 1.05 bits per heavy atom. The second kappa shape index (κ2) is 5.33. The van der Waals surface area contributed by atoms with E-state index in [9.17, 15) is 0 Å². The Bertz CT molecular complexity index is 749. The van der Waals surface area contributed by atoms with Crippen molar-refractivity contribution in [3.63, 3.8) is 0 Å². The summed E-state index contributed by atoms with van der Waals surface area (Å²) in [6.45, 7) is 2.09. The highest BCUT2D eigenvalue weighted by molar-refractivity contribution is 6.31. The van der Waals surface area contributed by atoms with E-state index >= 15 is 0 Å². The summed E-state index contributed by atoms with van der Waals surface area (Å²) in [5.74, 6) is 1.02. The number of hydrogen-bond acceptors (Lipinski definition) is 1. The number of rotatable bonds is 1. The molecule has 0 unspecified atom stereocenters. The lowest BCUT2D eigenvalue weighted by molar-refractivity contribution is 0.425. The van der Waals surface area contributed by atoms with Crippen LogP contribution in [0.3, 0.4) is 0 Å². The molecule has 0 saturated carbocycles. The molecular formula is C19H17Cl2N. The van der Waals surface area contributed by atoms with Gasteiger partial charge in [-0.05, 0) is 54.2 Å². The molecule has 1 nitrogen and oxygen atoms in total. The first-order valence-electron chi connectivity index (χ1n) is 7.63.